The minimum absolute atomic E-state index is 0.917. The van der Waals surface area contributed by atoms with Crippen LogP contribution in [0, 0.1) is 0 Å². The van der Waals surface area contributed by atoms with E-state index < -0.39 is 0 Å². The Morgan fingerprint density at radius 3 is 1.01 bits per heavy atom. The van der Waals surface area contributed by atoms with Gasteiger partial charge in [-0.25, -0.2) is 19.9 Å². The topological polar surface area (TPSA) is 122 Å². The van der Waals surface area contributed by atoms with Crippen LogP contribution >= 0.6 is 45.3 Å². The van der Waals surface area contributed by atoms with Crippen molar-refractivity contribution >= 4 is 367 Å². The van der Waals surface area contributed by atoms with Gasteiger partial charge in [-0.1, -0.05) is 206 Å². The van der Waals surface area contributed by atoms with Crippen molar-refractivity contribution in [1.82, 2.24) is 37.5 Å². The number of benzene rings is 20. The Morgan fingerprint density at radius 1 is 0.157 bits per heavy atom. The molecule has 0 fully saturated rings. The molecular formula is C124H64N8O4S4. The van der Waals surface area contributed by atoms with Crippen molar-refractivity contribution in [2.45, 2.75) is 0 Å². The molecule has 0 saturated carbocycles. The van der Waals surface area contributed by atoms with Crippen molar-refractivity contribution < 1.29 is 17.7 Å². The summed E-state index contributed by atoms with van der Waals surface area (Å²) in [6.45, 7) is 0. The Labute approximate surface area is 804 Å². The third kappa shape index (κ3) is 10.3. The molecular weight excluding hydrogens is 1790 g/mol. The van der Waals surface area contributed by atoms with Crippen LogP contribution in [0.3, 0.4) is 0 Å². The molecule has 16 heteroatoms. The van der Waals surface area contributed by atoms with Gasteiger partial charge in [-0.3, -0.25) is 17.6 Å². The van der Waals surface area contributed by atoms with Crippen molar-refractivity contribution in [2.24, 2.45) is 0 Å². The summed E-state index contributed by atoms with van der Waals surface area (Å²) in [5, 5.41) is 33.8. The first-order valence-electron chi connectivity index (χ1n) is 46.9. The normalized spacial score (nSPS) is 12.6. The Kier molecular flexibility index (Phi) is 15.2. The summed E-state index contributed by atoms with van der Waals surface area (Å²) in [5.74, 6) is 0. The zero-order valence-corrected chi connectivity index (χ0v) is 77.1. The molecule has 0 N–H and O–H groups in total. The summed E-state index contributed by atoms with van der Waals surface area (Å²) in [5.41, 5.74) is 24.4. The number of nitrogens with zero attached hydrogens (tertiary/aromatic N) is 8. The van der Waals surface area contributed by atoms with Gasteiger partial charge >= 0.3 is 0 Å². The lowest BCUT2D eigenvalue weighted by atomic mass is 9.99. The largest absolute Gasteiger partial charge is 0.456 e. The lowest BCUT2D eigenvalue weighted by molar-refractivity contribution is 0.669. The van der Waals surface area contributed by atoms with Crippen LogP contribution < -0.4 is 0 Å². The first-order valence-corrected chi connectivity index (χ1v) is 50.2. The fourth-order valence-electron chi connectivity index (χ4n) is 23.6. The van der Waals surface area contributed by atoms with Gasteiger partial charge in [-0.15, -0.1) is 45.3 Å². The number of hydrogen-bond acceptors (Lipinski definition) is 12. The van der Waals surface area contributed by atoms with Crippen LogP contribution in [0.1, 0.15) is 0 Å². The molecule has 0 aliphatic rings. The van der Waals surface area contributed by atoms with Crippen molar-refractivity contribution in [2.75, 3.05) is 0 Å². The maximum Gasteiger partial charge on any atom is 0.147 e. The Balaban J connectivity index is 0.0000000829. The lowest BCUT2D eigenvalue weighted by Crippen LogP contribution is -1.92. The highest BCUT2D eigenvalue weighted by atomic mass is 32.1. The third-order valence-electron chi connectivity index (χ3n) is 29.4. The number of pyridine rings is 4. The average molecular weight is 1860 g/mol. The third-order valence-corrected chi connectivity index (χ3v) is 34.0. The highest BCUT2D eigenvalue weighted by Gasteiger charge is 2.29. The molecule has 0 aliphatic heterocycles. The predicted molar refractivity (Wildman–Crippen MR) is 592 cm³/mol. The van der Waals surface area contributed by atoms with Gasteiger partial charge in [0.1, 0.15) is 67.3 Å². The number of furan rings is 4. The fourth-order valence-corrected chi connectivity index (χ4v) is 28.2. The minimum Gasteiger partial charge on any atom is -0.456 e. The van der Waals surface area contributed by atoms with E-state index in [1.54, 1.807) is 0 Å². The summed E-state index contributed by atoms with van der Waals surface area (Å²) < 4.78 is 45.4. The number of aromatic nitrogens is 8. The van der Waals surface area contributed by atoms with Crippen LogP contribution in [0.2, 0.25) is 0 Å². The van der Waals surface area contributed by atoms with Crippen LogP contribution in [-0.4, -0.2) is 37.5 Å². The molecule has 0 aliphatic carbocycles. The first kappa shape index (κ1) is 75.6. The lowest BCUT2D eigenvalue weighted by Gasteiger charge is -2.11. The molecule has 0 amide bonds. The summed E-state index contributed by atoms with van der Waals surface area (Å²) in [4.78, 5) is 20.6. The number of hydrogen-bond donors (Lipinski definition) is 0. The van der Waals surface area contributed by atoms with E-state index in [9.17, 15) is 0 Å². The van der Waals surface area contributed by atoms with Gasteiger partial charge in [0, 0.05) is 167 Å². The number of imidazole rings is 4. The molecule has 0 radical (unpaired) electrons. The van der Waals surface area contributed by atoms with E-state index in [4.69, 9.17) is 37.6 Å². The summed E-state index contributed by atoms with van der Waals surface area (Å²) in [6.07, 6.45) is 0. The highest BCUT2D eigenvalue weighted by molar-refractivity contribution is 7.27. The first-order chi connectivity index (χ1) is 69.4. The van der Waals surface area contributed by atoms with Crippen molar-refractivity contribution in [3.63, 3.8) is 0 Å². The van der Waals surface area contributed by atoms with Crippen LogP contribution in [0.4, 0.5) is 0 Å². The number of thiophene rings is 4. The highest BCUT2D eigenvalue weighted by Crippen LogP contribution is 2.53. The van der Waals surface area contributed by atoms with Crippen molar-refractivity contribution in [3.05, 3.63) is 388 Å². The molecule has 20 aromatic carbocycles. The monoisotopic (exact) mass is 1860 g/mol. The van der Waals surface area contributed by atoms with Gasteiger partial charge in [0.25, 0.3) is 0 Å². The van der Waals surface area contributed by atoms with E-state index in [0.29, 0.717) is 0 Å². The molecule has 0 unspecified atom stereocenters. The second-order valence-electron chi connectivity index (χ2n) is 36.7. The fraction of sp³-hybridized carbons (Fsp3) is 0. The van der Waals surface area contributed by atoms with Crippen LogP contribution in [0.25, 0.3) is 322 Å². The Morgan fingerprint density at radius 2 is 0.500 bits per heavy atom. The van der Waals surface area contributed by atoms with E-state index in [1.807, 2.05) is 69.6 Å². The van der Waals surface area contributed by atoms with Crippen molar-refractivity contribution in [1.29, 1.82) is 0 Å². The van der Waals surface area contributed by atoms with E-state index in [2.05, 4.69) is 382 Å². The molecule has 0 atom stereocenters. The smallest absolute Gasteiger partial charge is 0.147 e. The zero-order valence-electron chi connectivity index (χ0n) is 73.8. The Bertz CT molecular complexity index is 12000. The second kappa shape index (κ2) is 28.0. The quantitative estimate of drug-likeness (QED) is 0.138. The van der Waals surface area contributed by atoms with Gasteiger partial charge in [-0.2, -0.15) is 0 Å². The number of rotatable bonds is 0. The van der Waals surface area contributed by atoms with Gasteiger partial charge < -0.3 is 17.7 Å². The molecule has 0 bridgehead atoms. The maximum absolute atomic E-state index is 6.56. The molecule has 36 aromatic rings. The molecule has 648 valence electrons. The zero-order chi connectivity index (χ0) is 90.7. The minimum atomic E-state index is 0.917. The SMILES string of the molecule is c1ccc2c(c1)nc1c3c(ccc4sc5ccccc5c43)c3c4oc5ccccc5c4ccc3n21.c1ccc2c(c1)nc1c3cc4c(cc3c3c5c(ccc3n21)oc1ccccc15)sc1ccccc14.c1ccc2c(c1)nc1c3cc4c(cc3c3c5oc6ccccc6c5ccc3n21)sc1ccccc14.c1ccc2c(c1)nc1c3ccc4c5ccccc5sc4c3c3c4c(ccc3n21)oc1ccccc14. The molecule has 16 aromatic heterocycles. The summed E-state index contributed by atoms with van der Waals surface area (Å²) >= 11 is 7.42. The predicted octanol–water partition coefficient (Wildman–Crippen LogP) is 36.2. The van der Waals surface area contributed by atoms with Gasteiger partial charge in [0.15, 0.2) is 0 Å². The van der Waals surface area contributed by atoms with Crippen LogP contribution in [0.5, 0.6) is 0 Å². The summed E-state index contributed by atoms with van der Waals surface area (Å²) in [6, 6.07) is 138. The van der Waals surface area contributed by atoms with E-state index in [-0.39, 0.29) is 0 Å². The maximum atomic E-state index is 6.56. The molecule has 12 nitrogen and oxygen atoms in total. The van der Waals surface area contributed by atoms with Gasteiger partial charge in [-0.05, 0) is 198 Å². The number of fused-ring (bicyclic) bond motifs is 62. The average Bonchev–Trinajstić information content (AvgIpc) is 1.53. The van der Waals surface area contributed by atoms with E-state index in [1.165, 1.54) is 140 Å². The molecule has 36 rings (SSSR count). The molecule has 0 saturated heterocycles. The standard InChI is InChI=1S/4C31H16N2OS/c1-5-11-25-18(8-1)30-26(34-25)14-13-24-29(30)20-16-28-19(17-7-2-6-12-27(17)35-28)15-21(20)31-32-22-9-3-4-10-23(22)33(24)31;1-5-11-24-19(8-1)27-25(34-24)16-15-23-29(27)28-20(31-32-21-9-3-4-10-22(21)33(23)31)14-13-18-17-7-2-6-12-26(17)35-30(18)28;1-5-11-24-17(7-1)18-13-15-23-27(30(18)34-24)20-14-16-26-28(19-8-2-6-12-25(19)35-26)29(20)31-32-21-9-3-4-10-22(21)33(23)31;1-5-11-26-17(7-1)19-13-14-25-29(30(19)34-26)21-16-28-20(18-8-2-6-12-27(18)35-28)15-22(21)31-32-23-9-3-4-10-24(23)33(25)31/h4*1-16H. The van der Waals surface area contributed by atoms with Crippen molar-refractivity contribution in [3.8, 4) is 0 Å². The second-order valence-corrected chi connectivity index (χ2v) is 41.0. The van der Waals surface area contributed by atoms with Crippen LogP contribution in [0.15, 0.2) is 406 Å². The molecule has 0 spiro atoms. The van der Waals surface area contributed by atoms with Crippen LogP contribution in [-0.2, 0) is 0 Å². The Hall–Kier alpha value is -17.6. The van der Waals surface area contributed by atoms with E-state index in [0.717, 1.165) is 182 Å². The van der Waals surface area contributed by atoms with E-state index >= 15 is 0 Å². The summed E-state index contributed by atoms with van der Waals surface area (Å²) in [7, 11) is 0. The van der Waals surface area contributed by atoms with Gasteiger partial charge in [0.2, 0.25) is 0 Å². The molecule has 140 heavy (non-hydrogen) atoms. The van der Waals surface area contributed by atoms with Gasteiger partial charge in [0.05, 0.1) is 71.6 Å². The number of para-hydroxylation sites is 12. The molecule has 16 heterocycles.